The summed E-state index contributed by atoms with van der Waals surface area (Å²) in [6.07, 6.45) is 2.33. The molecule has 0 fully saturated rings. The second-order valence-corrected chi connectivity index (χ2v) is 4.33. The van der Waals surface area contributed by atoms with Crippen molar-refractivity contribution in [1.29, 1.82) is 0 Å². The molecule has 1 aromatic carbocycles. The van der Waals surface area contributed by atoms with Crippen molar-refractivity contribution >= 4 is 12.1 Å². The van der Waals surface area contributed by atoms with Crippen LogP contribution in [-0.2, 0) is 4.79 Å². The lowest BCUT2D eigenvalue weighted by molar-refractivity contribution is -0.127. The molecule has 0 spiro atoms. The van der Waals surface area contributed by atoms with Crippen molar-refractivity contribution in [2.24, 2.45) is 5.10 Å². The highest BCUT2D eigenvalue weighted by atomic mass is 16.5. The van der Waals surface area contributed by atoms with Crippen LogP contribution in [0.3, 0.4) is 0 Å². The molecule has 0 saturated heterocycles. The molecule has 1 amide bonds. The fourth-order valence-electron chi connectivity index (χ4n) is 1.56. The fraction of sp³-hybridized carbons (Fsp3) is 0.200. The lowest BCUT2D eigenvalue weighted by atomic mass is 10.2. The Labute approximate surface area is 117 Å². The summed E-state index contributed by atoms with van der Waals surface area (Å²) in [6, 6.07) is 11.0. The average Bonchev–Trinajstić information content (AvgIpc) is 2.91. The molecule has 2 rings (SSSR count). The summed E-state index contributed by atoms with van der Waals surface area (Å²) >= 11 is 0. The number of hydrogen-bond acceptors (Lipinski definition) is 4. The molecular weight excluding hydrogens is 256 g/mol. The molecule has 0 aliphatic carbocycles. The number of rotatable bonds is 5. The predicted octanol–water partition coefficient (Wildman–Crippen LogP) is 2.51. The van der Waals surface area contributed by atoms with Crippen LogP contribution in [0.4, 0.5) is 0 Å². The highest BCUT2D eigenvalue weighted by Gasteiger charge is 2.13. The summed E-state index contributed by atoms with van der Waals surface area (Å²) in [5.74, 6) is 0.898. The van der Waals surface area contributed by atoms with E-state index in [1.54, 1.807) is 19.1 Å². The van der Waals surface area contributed by atoms with Gasteiger partial charge in [0, 0.05) is 0 Å². The molecular formula is C15H16N2O3. The van der Waals surface area contributed by atoms with E-state index in [-0.39, 0.29) is 5.91 Å². The summed E-state index contributed by atoms with van der Waals surface area (Å²) < 4.78 is 10.6. The first kappa shape index (κ1) is 13.9. The van der Waals surface area contributed by atoms with E-state index in [9.17, 15) is 4.79 Å². The molecule has 1 heterocycles. The average molecular weight is 272 g/mol. The van der Waals surface area contributed by atoms with E-state index in [1.807, 2.05) is 31.2 Å². The number of hydrazone groups is 1. The van der Waals surface area contributed by atoms with E-state index in [2.05, 4.69) is 10.5 Å². The Balaban J connectivity index is 1.86. The van der Waals surface area contributed by atoms with Gasteiger partial charge in [0.05, 0.1) is 12.5 Å². The van der Waals surface area contributed by atoms with Crippen LogP contribution in [0.5, 0.6) is 5.75 Å². The number of hydrogen-bond donors (Lipinski definition) is 1. The number of nitrogens with one attached hydrogen (secondary N) is 1. The third kappa shape index (κ3) is 3.98. The second kappa shape index (κ2) is 6.56. The second-order valence-electron chi connectivity index (χ2n) is 4.33. The van der Waals surface area contributed by atoms with Crippen molar-refractivity contribution in [3.05, 3.63) is 54.0 Å². The first-order valence-corrected chi connectivity index (χ1v) is 6.25. The molecule has 1 atom stereocenters. The van der Waals surface area contributed by atoms with Crippen molar-refractivity contribution in [2.45, 2.75) is 20.0 Å². The van der Waals surface area contributed by atoms with Crippen molar-refractivity contribution in [2.75, 3.05) is 0 Å². The molecule has 1 aromatic heterocycles. The van der Waals surface area contributed by atoms with Gasteiger partial charge in [-0.05, 0) is 43.7 Å². The van der Waals surface area contributed by atoms with Crippen LogP contribution < -0.4 is 10.2 Å². The Hall–Kier alpha value is -2.56. The predicted molar refractivity (Wildman–Crippen MR) is 75.7 cm³/mol. The zero-order valence-corrected chi connectivity index (χ0v) is 11.4. The smallest absolute Gasteiger partial charge is 0.280 e. The number of benzene rings is 1. The number of ether oxygens (including phenoxy) is 1. The van der Waals surface area contributed by atoms with Crippen LogP contribution in [0.25, 0.3) is 0 Å². The van der Waals surface area contributed by atoms with Gasteiger partial charge >= 0.3 is 0 Å². The standard InChI is InChI=1S/C15H16N2O3/c1-11-5-3-6-13(9-11)20-12(2)15(18)17-16-10-14-7-4-8-19-14/h3-10,12H,1-2H3,(H,17,18). The Kier molecular flexibility index (Phi) is 4.55. The normalized spacial score (nSPS) is 12.3. The molecule has 0 aliphatic rings. The zero-order valence-electron chi connectivity index (χ0n) is 11.4. The Morgan fingerprint density at radius 2 is 2.25 bits per heavy atom. The molecule has 1 N–H and O–H groups in total. The fourth-order valence-corrected chi connectivity index (χ4v) is 1.56. The van der Waals surface area contributed by atoms with Gasteiger partial charge in [-0.25, -0.2) is 5.43 Å². The first-order valence-electron chi connectivity index (χ1n) is 6.25. The van der Waals surface area contributed by atoms with Crippen molar-refractivity contribution < 1.29 is 13.9 Å². The maximum atomic E-state index is 11.8. The summed E-state index contributed by atoms with van der Waals surface area (Å²) in [6.45, 7) is 3.63. The third-order valence-corrected chi connectivity index (χ3v) is 2.58. The highest BCUT2D eigenvalue weighted by molar-refractivity contribution is 5.83. The topological polar surface area (TPSA) is 63.8 Å². The van der Waals surface area contributed by atoms with Gasteiger partial charge in [-0.2, -0.15) is 5.10 Å². The maximum Gasteiger partial charge on any atom is 0.280 e. The maximum absolute atomic E-state index is 11.8. The highest BCUT2D eigenvalue weighted by Crippen LogP contribution is 2.14. The van der Waals surface area contributed by atoms with Crippen LogP contribution in [0, 0.1) is 6.92 Å². The minimum atomic E-state index is -0.634. The van der Waals surface area contributed by atoms with Gasteiger partial charge < -0.3 is 9.15 Å². The molecule has 0 bridgehead atoms. The summed E-state index contributed by atoms with van der Waals surface area (Å²) in [4.78, 5) is 11.8. The minimum Gasteiger partial charge on any atom is -0.481 e. The van der Waals surface area contributed by atoms with Gasteiger partial charge in [0.1, 0.15) is 11.5 Å². The van der Waals surface area contributed by atoms with Gasteiger partial charge in [-0.15, -0.1) is 0 Å². The van der Waals surface area contributed by atoms with E-state index >= 15 is 0 Å². The molecule has 0 radical (unpaired) electrons. The number of carbonyl (C=O) groups excluding carboxylic acids is 1. The summed E-state index contributed by atoms with van der Waals surface area (Å²) in [5.41, 5.74) is 3.48. The lowest BCUT2D eigenvalue weighted by Crippen LogP contribution is -2.33. The van der Waals surface area contributed by atoms with Gasteiger partial charge in [0.25, 0.3) is 5.91 Å². The van der Waals surface area contributed by atoms with Crippen LogP contribution in [0.2, 0.25) is 0 Å². The number of carbonyl (C=O) groups is 1. The monoisotopic (exact) mass is 272 g/mol. The van der Waals surface area contributed by atoms with Gasteiger partial charge in [-0.1, -0.05) is 12.1 Å². The molecule has 5 nitrogen and oxygen atoms in total. The number of aryl methyl sites for hydroxylation is 1. The minimum absolute atomic E-state index is 0.325. The van der Waals surface area contributed by atoms with E-state index in [0.29, 0.717) is 11.5 Å². The Morgan fingerprint density at radius 1 is 1.40 bits per heavy atom. The number of amides is 1. The SMILES string of the molecule is Cc1cccc(OC(C)C(=O)NN=Cc2ccco2)c1. The van der Waals surface area contributed by atoms with Crippen molar-refractivity contribution in [3.63, 3.8) is 0 Å². The van der Waals surface area contributed by atoms with E-state index in [1.165, 1.54) is 12.5 Å². The number of nitrogens with zero attached hydrogens (tertiary/aromatic N) is 1. The quantitative estimate of drug-likeness (QED) is 0.672. The van der Waals surface area contributed by atoms with Crippen molar-refractivity contribution in [1.82, 2.24) is 5.43 Å². The van der Waals surface area contributed by atoms with E-state index < -0.39 is 6.10 Å². The molecule has 104 valence electrons. The molecule has 0 saturated carbocycles. The Bertz CT molecular complexity index is 591. The van der Waals surface area contributed by atoms with E-state index in [4.69, 9.17) is 9.15 Å². The third-order valence-electron chi connectivity index (χ3n) is 2.58. The van der Waals surface area contributed by atoms with E-state index in [0.717, 1.165) is 5.56 Å². The molecule has 2 aromatic rings. The van der Waals surface area contributed by atoms with Crippen molar-refractivity contribution in [3.8, 4) is 5.75 Å². The van der Waals surface area contributed by atoms with Gasteiger partial charge in [-0.3, -0.25) is 4.79 Å². The first-order chi connectivity index (χ1) is 9.65. The number of furan rings is 1. The van der Waals surface area contributed by atoms with Crippen LogP contribution in [0.1, 0.15) is 18.2 Å². The van der Waals surface area contributed by atoms with Gasteiger partial charge in [0.2, 0.25) is 0 Å². The Morgan fingerprint density at radius 3 is 2.95 bits per heavy atom. The van der Waals surface area contributed by atoms with Crippen LogP contribution in [-0.4, -0.2) is 18.2 Å². The van der Waals surface area contributed by atoms with Gasteiger partial charge in [0.15, 0.2) is 6.10 Å². The largest absolute Gasteiger partial charge is 0.481 e. The molecule has 1 unspecified atom stereocenters. The summed E-state index contributed by atoms with van der Waals surface area (Å²) in [7, 11) is 0. The van der Waals surface area contributed by atoms with Crippen LogP contribution in [0.15, 0.2) is 52.2 Å². The molecule has 0 aliphatic heterocycles. The lowest BCUT2D eigenvalue weighted by Gasteiger charge is -2.13. The van der Waals surface area contributed by atoms with Crippen LogP contribution >= 0.6 is 0 Å². The summed E-state index contributed by atoms with van der Waals surface area (Å²) in [5, 5.41) is 3.80. The molecule has 5 heteroatoms. The zero-order chi connectivity index (χ0) is 14.4. The molecule has 20 heavy (non-hydrogen) atoms.